The zero-order chi connectivity index (χ0) is 16.0. The van der Waals surface area contributed by atoms with E-state index in [1.165, 1.54) is 0 Å². The minimum atomic E-state index is -0.988. The van der Waals surface area contributed by atoms with Crippen molar-refractivity contribution in [1.82, 2.24) is 9.78 Å². The van der Waals surface area contributed by atoms with Gasteiger partial charge in [-0.1, -0.05) is 23.7 Å². The Morgan fingerprint density at radius 2 is 1.95 bits per heavy atom. The number of amides is 1. The van der Waals surface area contributed by atoms with Gasteiger partial charge in [0, 0.05) is 11.1 Å². The second-order valence-corrected chi connectivity index (χ2v) is 7.59. The lowest BCUT2D eigenvalue weighted by Gasteiger charge is -2.14. The highest BCUT2D eigenvalue weighted by Gasteiger charge is 2.68. The van der Waals surface area contributed by atoms with Gasteiger partial charge >= 0.3 is 0 Å². The summed E-state index contributed by atoms with van der Waals surface area (Å²) in [6, 6.07) is 9.21. The van der Waals surface area contributed by atoms with Gasteiger partial charge in [-0.15, -0.1) is 23.2 Å². The predicted molar refractivity (Wildman–Crippen MR) is 88.6 cm³/mol. The maximum absolute atomic E-state index is 12.3. The largest absolute Gasteiger partial charge is 0.310 e. The lowest BCUT2D eigenvalue weighted by molar-refractivity contribution is -0.120. The summed E-state index contributed by atoms with van der Waals surface area (Å²) in [5.74, 6) is 0.410. The Hall–Kier alpha value is -1.23. The van der Waals surface area contributed by atoms with Crippen LogP contribution in [0.4, 0.5) is 5.82 Å². The number of alkyl halides is 2. The number of carbonyl (C=O) groups is 1. The molecule has 4 nitrogen and oxygen atoms in total. The summed E-state index contributed by atoms with van der Waals surface area (Å²) >= 11 is 17.9. The first-order chi connectivity index (χ1) is 10.3. The number of rotatable bonds is 4. The van der Waals surface area contributed by atoms with Crippen molar-refractivity contribution in [3.8, 4) is 0 Å². The molecule has 1 aromatic heterocycles. The highest BCUT2D eigenvalue weighted by molar-refractivity contribution is 6.53. The average molecular weight is 359 g/mol. The number of anilines is 1. The maximum atomic E-state index is 12.3. The SMILES string of the molecule is CC1(C(=O)Nc2ccnn2Cc2ccc(Cl)cc2)CC1(Cl)Cl. The van der Waals surface area contributed by atoms with Gasteiger partial charge in [0.1, 0.15) is 10.2 Å². The Labute approximate surface area is 143 Å². The number of benzene rings is 1. The van der Waals surface area contributed by atoms with Crippen LogP contribution in [0.2, 0.25) is 5.02 Å². The van der Waals surface area contributed by atoms with E-state index in [9.17, 15) is 4.79 Å². The van der Waals surface area contributed by atoms with Crippen molar-refractivity contribution < 1.29 is 4.79 Å². The number of aromatic nitrogens is 2. The molecular formula is C15H14Cl3N3O. The minimum absolute atomic E-state index is 0.199. The molecule has 1 amide bonds. The lowest BCUT2D eigenvalue weighted by atomic mass is 10.1. The molecule has 1 fully saturated rings. The maximum Gasteiger partial charge on any atom is 0.234 e. The van der Waals surface area contributed by atoms with Gasteiger partial charge in [-0.05, 0) is 31.0 Å². The first kappa shape index (κ1) is 15.7. The Bertz CT molecular complexity index is 711. The molecule has 2 aromatic rings. The zero-order valence-corrected chi connectivity index (χ0v) is 14.1. The van der Waals surface area contributed by atoms with Gasteiger partial charge in [0.05, 0.1) is 18.2 Å². The number of nitrogens with zero attached hydrogens (tertiary/aromatic N) is 2. The molecule has 0 bridgehead atoms. The third-order valence-electron chi connectivity index (χ3n) is 3.96. The number of halogens is 3. The van der Waals surface area contributed by atoms with E-state index in [0.29, 0.717) is 23.8 Å². The van der Waals surface area contributed by atoms with Gasteiger partial charge < -0.3 is 5.32 Å². The molecule has 1 N–H and O–H groups in total. The predicted octanol–water partition coefficient (Wildman–Crippen LogP) is 4.11. The molecule has 1 heterocycles. The molecule has 22 heavy (non-hydrogen) atoms. The van der Waals surface area contributed by atoms with Crippen molar-refractivity contribution in [2.45, 2.75) is 24.2 Å². The second-order valence-electron chi connectivity index (χ2n) is 5.67. The Balaban J connectivity index is 1.73. The normalized spacial score (nSPS) is 22.4. The molecule has 1 aliphatic rings. The van der Waals surface area contributed by atoms with Crippen molar-refractivity contribution in [1.29, 1.82) is 0 Å². The van der Waals surface area contributed by atoms with Gasteiger partial charge in [0.15, 0.2) is 0 Å². The van der Waals surface area contributed by atoms with Crippen LogP contribution in [-0.2, 0) is 11.3 Å². The van der Waals surface area contributed by atoms with Gasteiger partial charge in [-0.3, -0.25) is 4.79 Å². The second kappa shape index (κ2) is 5.44. The van der Waals surface area contributed by atoms with Crippen LogP contribution >= 0.6 is 34.8 Å². The topological polar surface area (TPSA) is 46.9 Å². The van der Waals surface area contributed by atoms with E-state index < -0.39 is 9.75 Å². The summed E-state index contributed by atoms with van der Waals surface area (Å²) in [6.07, 6.45) is 2.08. The molecular weight excluding hydrogens is 345 g/mol. The molecule has 3 rings (SSSR count). The van der Waals surface area contributed by atoms with Gasteiger partial charge in [-0.2, -0.15) is 5.10 Å². The van der Waals surface area contributed by atoms with E-state index >= 15 is 0 Å². The standard InChI is InChI=1S/C15H14Cl3N3O/c1-14(9-15(14,17)18)13(22)20-12-6-7-19-21(12)8-10-2-4-11(16)5-3-10/h2-7H,8-9H2,1H3,(H,20,22). The Morgan fingerprint density at radius 1 is 1.32 bits per heavy atom. The number of nitrogens with one attached hydrogen (secondary N) is 1. The fourth-order valence-electron chi connectivity index (χ4n) is 2.23. The smallest absolute Gasteiger partial charge is 0.234 e. The van der Waals surface area contributed by atoms with E-state index in [2.05, 4.69) is 10.4 Å². The first-order valence-corrected chi connectivity index (χ1v) is 7.91. The van der Waals surface area contributed by atoms with Crippen LogP contribution < -0.4 is 5.32 Å². The highest BCUT2D eigenvalue weighted by Crippen LogP contribution is 2.64. The Morgan fingerprint density at radius 3 is 2.55 bits per heavy atom. The van der Waals surface area contributed by atoms with E-state index in [-0.39, 0.29) is 5.91 Å². The molecule has 1 atom stereocenters. The van der Waals surface area contributed by atoms with Crippen molar-refractivity contribution in [3.05, 3.63) is 47.1 Å². The van der Waals surface area contributed by atoms with Crippen molar-refractivity contribution in [2.75, 3.05) is 5.32 Å². The van der Waals surface area contributed by atoms with Gasteiger partial charge in [-0.25, -0.2) is 4.68 Å². The van der Waals surface area contributed by atoms with E-state index in [4.69, 9.17) is 34.8 Å². The molecule has 0 radical (unpaired) electrons. The van der Waals surface area contributed by atoms with Gasteiger partial charge in [0.25, 0.3) is 0 Å². The fourth-order valence-corrected chi connectivity index (χ4v) is 3.06. The summed E-state index contributed by atoms with van der Waals surface area (Å²) in [6.45, 7) is 2.28. The number of hydrogen-bond donors (Lipinski definition) is 1. The summed E-state index contributed by atoms with van der Waals surface area (Å²) in [7, 11) is 0. The minimum Gasteiger partial charge on any atom is -0.310 e. The molecule has 116 valence electrons. The summed E-state index contributed by atoms with van der Waals surface area (Å²) in [5, 5.41) is 7.76. The van der Waals surface area contributed by atoms with Crippen LogP contribution in [0.3, 0.4) is 0 Å². The summed E-state index contributed by atoms with van der Waals surface area (Å²) in [5.41, 5.74) is 0.274. The third kappa shape index (κ3) is 2.83. The molecule has 1 saturated carbocycles. The number of carbonyl (C=O) groups excluding carboxylic acids is 1. The fraction of sp³-hybridized carbons (Fsp3) is 0.333. The van der Waals surface area contributed by atoms with Crippen LogP contribution in [0.1, 0.15) is 18.9 Å². The molecule has 0 spiro atoms. The van der Waals surface area contributed by atoms with E-state index in [1.807, 2.05) is 24.3 Å². The quantitative estimate of drug-likeness (QED) is 0.836. The van der Waals surface area contributed by atoms with Crippen molar-refractivity contribution >= 4 is 46.5 Å². The first-order valence-electron chi connectivity index (χ1n) is 6.77. The summed E-state index contributed by atoms with van der Waals surface area (Å²) < 4.78 is 0.717. The molecule has 7 heteroatoms. The van der Waals surface area contributed by atoms with Crippen molar-refractivity contribution in [3.63, 3.8) is 0 Å². The van der Waals surface area contributed by atoms with Crippen LogP contribution in [0.5, 0.6) is 0 Å². The number of hydrogen-bond acceptors (Lipinski definition) is 2. The summed E-state index contributed by atoms with van der Waals surface area (Å²) in [4.78, 5) is 12.3. The van der Waals surface area contributed by atoms with Crippen LogP contribution in [0.15, 0.2) is 36.5 Å². The average Bonchev–Trinajstić information content (AvgIpc) is 2.79. The van der Waals surface area contributed by atoms with Gasteiger partial charge in [0.2, 0.25) is 5.91 Å². The lowest BCUT2D eigenvalue weighted by Crippen LogP contribution is -2.27. The molecule has 0 saturated heterocycles. The van der Waals surface area contributed by atoms with Crippen LogP contribution in [-0.4, -0.2) is 20.0 Å². The third-order valence-corrected chi connectivity index (χ3v) is 5.32. The molecule has 1 unspecified atom stereocenters. The van der Waals surface area contributed by atoms with Crippen LogP contribution in [0, 0.1) is 5.41 Å². The van der Waals surface area contributed by atoms with Crippen molar-refractivity contribution in [2.24, 2.45) is 5.41 Å². The zero-order valence-electron chi connectivity index (χ0n) is 11.8. The Kier molecular flexibility index (Phi) is 3.87. The highest BCUT2D eigenvalue weighted by atomic mass is 35.5. The molecule has 1 aromatic carbocycles. The monoisotopic (exact) mass is 357 g/mol. The molecule has 1 aliphatic carbocycles. The van der Waals surface area contributed by atoms with Crippen LogP contribution in [0.25, 0.3) is 0 Å². The molecule has 0 aliphatic heterocycles. The van der Waals surface area contributed by atoms with E-state index in [0.717, 1.165) is 5.56 Å². The van der Waals surface area contributed by atoms with E-state index in [1.54, 1.807) is 23.9 Å².